The van der Waals surface area contributed by atoms with Crippen LogP contribution in [0.25, 0.3) is 0 Å². The van der Waals surface area contributed by atoms with Gasteiger partial charge in [0.05, 0.1) is 16.0 Å². The molecule has 2 aromatic carbocycles. The molecule has 0 unspecified atom stereocenters. The highest BCUT2D eigenvalue weighted by Gasteiger charge is 2.20. The van der Waals surface area contributed by atoms with Crippen LogP contribution in [-0.2, 0) is 14.4 Å². The van der Waals surface area contributed by atoms with E-state index in [2.05, 4.69) is 4.28 Å². The summed E-state index contributed by atoms with van der Waals surface area (Å²) in [5, 5.41) is 0. The maximum atomic E-state index is 12.0. The molecule has 0 bridgehead atoms. The maximum Gasteiger partial charge on any atom is 0.317 e. The van der Waals surface area contributed by atoms with Gasteiger partial charge in [-0.05, 0) is 31.2 Å². The zero-order chi connectivity index (χ0) is 17.0. The lowest BCUT2D eigenvalue weighted by atomic mass is 10.1. The van der Waals surface area contributed by atoms with E-state index < -0.39 is 21.9 Å². The van der Waals surface area contributed by atoms with Gasteiger partial charge in [0.25, 0.3) is 5.91 Å². The zero-order valence-corrected chi connectivity index (χ0v) is 13.0. The number of nitrogens with two attached hydrogens (primary N) is 1. The Morgan fingerprint density at radius 2 is 1.57 bits per heavy atom. The lowest BCUT2D eigenvalue weighted by Crippen LogP contribution is -2.29. The van der Waals surface area contributed by atoms with E-state index in [9.17, 15) is 18.0 Å². The summed E-state index contributed by atoms with van der Waals surface area (Å²) in [5.41, 5.74) is 7.73. The van der Waals surface area contributed by atoms with Crippen LogP contribution in [0.15, 0.2) is 53.4 Å². The molecule has 2 amide bonds. The molecule has 2 aromatic rings. The van der Waals surface area contributed by atoms with Crippen molar-refractivity contribution in [1.29, 1.82) is 0 Å². The van der Waals surface area contributed by atoms with E-state index in [1.165, 1.54) is 36.4 Å². The highest BCUT2D eigenvalue weighted by molar-refractivity contribution is 7.86. The molecule has 0 fully saturated rings. The first-order valence-electron chi connectivity index (χ1n) is 6.50. The van der Waals surface area contributed by atoms with Gasteiger partial charge in [-0.25, -0.2) is 5.48 Å². The molecule has 120 valence electrons. The SMILES string of the molecule is Cc1ccc(S(=O)(=O)ONC(=O)c2ccccc2C(N)=O)cc1. The van der Waals surface area contributed by atoms with Gasteiger partial charge in [0.15, 0.2) is 0 Å². The van der Waals surface area contributed by atoms with Gasteiger partial charge in [0.2, 0.25) is 5.91 Å². The molecule has 0 aliphatic heterocycles. The molecule has 0 heterocycles. The topological polar surface area (TPSA) is 116 Å². The summed E-state index contributed by atoms with van der Waals surface area (Å²) in [6.07, 6.45) is 0. The van der Waals surface area contributed by atoms with Crippen molar-refractivity contribution >= 4 is 21.9 Å². The third-order valence-corrected chi connectivity index (χ3v) is 4.14. The second-order valence-corrected chi connectivity index (χ2v) is 6.24. The number of carbonyl (C=O) groups is 2. The first kappa shape index (κ1) is 16.7. The zero-order valence-electron chi connectivity index (χ0n) is 12.1. The predicted octanol–water partition coefficient (Wildman–Crippen LogP) is 1.14. The number of aryl methyl sites for hydroxylation is 1. The maximum absolute atomic E-state index is 12.0. The van der Waals surface area contributed by atoms with Crippen LogP contribution in [0.5, 0.6) is 0 Å². The van der Waals surface area contributed by atoms with Gasteiger partial charge in [-0.1, -0.05) is 29.8 Å². The molecule has 0 radical (unpaired) electrons. The van der Waals surface area contributed by atoms with Crippen LogP contribution in [0.2, 0.25) is 0 Å². The van der Waals surface area contributed by atoms with Gasteiger partial charge >= 0.3 is 10.1 Å². The average Bonchev–Trinajstić information content (AvgIpc) is 2.53. The van der Waals surface area contributed by atoms with Gasteiger partial charge in [-0.3, -0.25) is 9.59 Å². The summed E-state index contributed by atoms with van der Waals surface area (Å²) in [5.74, 6) is -1.70. The fourth-order valence-electron chi connectivity index (χ4n) is 1.80. The Morgan fingerprint density at radius 3 is 2.13 bits per heavy atom. The van der Waals surface area contributed by atoms with Crippen molar-refractivity contribution in [2.24, 2.45) is 5.73 Å². The van der Waals surface area contributed by atoms with Gasteiger partial charge in [-0.15, -0.1) is 4.28 Å². The van der Waals surface area contributed by atoms with Crippen LogP contribution < -0.4 is 11.2 Å². The molecule has 0 atom stereocenters. The number of amides is 2. The Bertz CT molecular complexity index is 844. The third kappa shape index (κ3) is 3.93. The fourth-order valence-corrected chi connectivity index (χ4v) is 2.55. The van der Waals surface area contributed by atoms with Crippen molar-refractivity contribution in [3.05, 3.63) is 65.2 Å². The Hall–Kier alpha value is -2.71. The summed E-state index contributed by atoms with van der Waals surface area (Å²) in [7, 11) is -4.16. The van der Waals surface area contributed by atoms with Crippen molar-refractivity contribution in [2.45, 2.75) is 11.8 Å². The molecular formula is C15H14N2O5S. The largest absolute Gasteiger partial charge is 0.366 e. The molecule has 0 spiro atoms. The third-order valence-electron chi connectivity index (χ3n) is 2.99. The fraction of sp³-hybridized carbons (Fsp3) is 0.0667. The van der Waals surface area contributed by atoms with Crippen molar-refractivity contribution < 1.29 is 22.3 Å². The molecule has 0 aliphatic rings. The van der Waals surface area contributed by atoms with E-state index in [1.54, 1.807) is 19.1 Å². The number of nitrogens with one attached hydrogen (secondary N) is 1. The number of rotatable bonds is 5. The van der Waals surface area contributed by atoms with E-state index in [4.69, 9.17) is 5.73 Å². The van der Waals surface area contributed by atoms with Gasteiger partial charge in [0, 0.05) is 0 Å². The van der Waals surface area contributed by atoms with Crippen molar-refractivity contribution in [2.75, 3.05) is 0 Å². The van der Waals surface area contributed by atoms with Crippen LogP contribution in [0.4, 0.5) is 0 Å². The molecule has 7 nitrogen and oxygen atoms in total. The smallest absolute Gasteiger partial charge is 0.317 e. The second kappa shape index (κ2) is 6.59. The molecule has 2 rings (SSSR count). The molecule has 3 N–H and O–H groups in total. The van der Waals surface area contributed by atoms with Crippen LogP contribution in [-0.4, -0.2) is 20.2 Å². The first-order valence-corrected chi connectivity index (χ1v) is 7.91. The lowest BCUT2D eigenvalue weighted by molar-refractivity contribution is 0.0766. The van der Waals surface area contributed by atoms with E-state index in [-0.39, 0.29) is 16.0 Å². The van der Waals surface area contributed by atoms with Crippen LogP contribution in [0, 0.1) is 6.92 Å². The number of benzene rings is 2. The van der Waals surface area contributed by atoms with Crippen molar-refractivity contribution in [3.63, 3.8) is 0 Å². The monoisotopic (exact) mass is 334 g/mol. The van der Waals surface area contributed by atoms with E-state index in [0.717, 1.165) is 5.56 Å². The van der Waals surface area contributed by atoms with Crippen LogP contribution in [0.3, 0.4) is 0 Å². The number of carbonyl (C=O) groups excluding carboxylic acids is 2. The molecule has 0 aromatic heterocycles. The number of hydroxylamine groups is 1. The quantitative estimate of drug-likeness (QED) is 0.796. The standard InChI is InChI=1S/C15H14N2O5S/c1-10-6-8-11(9-7-10)23(20,21)22-17-15(19)13-5-3-2-4-12(13)14(16)18/h2-9H,1H3,(H2,16,18)(H,17,19). The van der Waals surface area contributed by atoms with E-state index in [0.29, 0.717) is 0 Å². The minimum absolute atomic E-state index is 0.0404. The number of hydrogen-bond acceptors (Lipinski definition) is 5. The van der Waals surface area contributed by atoms with E-state index in [1.807, 2.05) is 5.48 Å². The Morgan fingerprint density at radius 1 is 1.00 bits per heavy atom. The second-order valence-electron chi connectivity index (χ2n) is 4.69. The number of hydrogen-bond donors (Lipinski definition) is 2. The Balaban J connectivity index is 2.16. The predicted molar refractivity (Wildman–Crippen MR) is 81.9 cm³/mol. The lowest BCUT2D eigenvalue weighted by Gasteiger charge is -2.08. The van der Waals surface area contributed by atoms with Crippen molar-refractivity contribution in [3.8, 4) is 0 Å². The van der Waals surface area contributed by atoms with Gasteiger partial charge in [-0.2, -0.15) is 8.42 Å². The molecule has 23 heavy (non-hydrogen) atoms. The van der Waals surface area contributed by atoms with Crippen LogP contribution >= 0.6 is 0 Å². The van der Waals surface area contributed by atoms with Gasteiger partial charge < -0.3 is 5.73 Å². The normalized spacial score (nSPS) is 11.0. The minimum Gasteiger partial charge on any atom is -0.366 e. The molecule has 8 heteroatoms. The van der Waals surface area contributed by atoms with Gasteiger partial charge in [0.1, 0.15) is 0 Å². The summed E-state index contributed by atoms with van der Waals surface area (Å²) < 4.78 is 28.5. The molecule has 0 saturated carbocycles. The Kier molecular flexibility index (Phi) is 4.77. The van der Waals surface area contributed by atoms with Crippen LogP contribution in [0.1, 0.15) is 26.3 Å². The molecule has 0 aliphatic carbocycles. The molecular weight excluding hydrogens is 320 g/mol. The first-order chi connectivity index (χ1) is 10.8. The Labute approximate surface area is 133 Å². The molecule has 0 saturated heterocycles. The summed E-state index contributed by atoms with van der Waals surface area (Å²) >= 11 is 0. The summed E-state index contributed by atoms with van der Waals surface area (Å²) in [6, 6.07) is 11.6. The summed E-state index contributed by atoms with van der Waals surface area (Å²) in [4.78, 5) is 23.2. The minimum atomic E-state index is -4.16. The van der Waals surface area contributed by atoms with Crippen molar-refractivity contribution in [1.82, 2.24) is 5.48 Å². The van der Waals surface area contributed by atoms with E-state index >= 15 is 0 Å². The number of primary amides is 1. The average molecular weight is 334 g/mol. The highest BCUT2D eigenvalue weighted by atomic mass is 32.2. The summed E-state index contributed by atoms with van der Waals surface area (Å²) in [6.45, 7) is 1.81. The highest BCUT2D eigenvalue weighted by Crippen LogP contribution is 2.13.